The van der Waals surface area contributed by atoms with E-state index in [2.05, 4.69) is 17.0 Å². The van der Waals surface area contributed by atoms with Gasteiger partial charge in [0.15, 0.2) is 5.78 Å². The van der Waals surface area contributed by atoms with Crippen LogP contribution in [-0.4, -0.2) is 26.3 Å². The Morgan fingerprint density at radius 2 is 2.11 bits per heavy atom. The second kappa shape index (κ2) is 7.09. The number of thioether (sulfide) groups is 1. The number of hydrogen-bond acceptors (Lipinski definition) is 4. The highest BCUT2D eigenvalue weighted by Crippen LogP contribution is 2.17. The Morgan fingerprint density at radius 3 is 2.84 bits per heavy atom. The summed E-state index contributed by atoms with van der Waals surface area (Å²) in [7, 11) is 0. The van der Waals surface area contributed by atoms with Crippen LogP contribution in [0.3, 0.4) is 0 Å². The fraction of sp³-hybridized carbons (Fsp3) is 0.357. The van der Waals surface area contributed by atoms with Crippen LogP contribution in [0.2, 0.25) is 0 Å². The highest BCUT2D eigenvalue weighted by Gasteiger charge is 2.10. The molecule has 0 N–H and O–H groups in total. The molecule has 0 aliphatic rings. The Balaban J connectivity index is 1.85. The Kier molecular flexibility index (Phi) is 5.15. The maximum atomic E-state index is 11.9. The minimum absolute atomic E-state index is 0.180. The second-order valence-electron chi connectivity index (χ2n) is 4.22. The lowest BCUT2D eigenvalue weighted by molar-refractivity contribution is -0.116. The van der Waals surface area contributed by atoms with Crippen LogP contribution in [0.15, 0.2) is 41.6 Å². The van der Waals surface area contributed by atoms with E-state index in [9.17, 15) is 4.79 Å². The zero-order chi connectivity index (χ0) is 13.5. The fourth-order valence-electron chi connectivity index (χ4n) is 1.73. The topological polar surface area (TPSA) is 47.8 Å². The third-order valence-electron chi connectivity index (χ3n) is 2.63. The molecule has 0 aliphatic heterocycles. The van der Waals surface area contributed by atoms with Crippen molar-refractivity contribution in [3.8, 4) is 0 Å². The molecule has 1 heterocycles. The SMILES string of the molecule is CCCn1ncnc1CC(=O)CSc1ccccc1. The summed E-state index contributed by atoms with van der Waals surface area (Å²) in [5.41, 5.74) is 0. The Bertz CT molecular complexity index is 524. The Hall–Kier alpha value is -1.62. The van der Waals surface area contributed by atoms with Gasteiger partial charge >= 0.3 is 0 Å². The first-order valence-electron chi connectivity index (χ1n) is 6.36. The van der Waals surface area contributed by atoms with Gasteiger partial charge in [0.05, 0.1) is 12.2 Å². The molecular weight excluding hydrogens is 258 g/mol. The summed E-state index contributed by atoms with van der Waals surface area (Å²) in [4.78, 5) is 17.2. The normalized spacial score (nSPS) is 10.6. The first-order valence-corrected chi connectivity index (χ1v) is 7.34. The molecule has 0 unspecified atom stereocenters. The summed E-state index contributed by atoms with van der Waals surface area (Å²) in [6.45, 7) is 2.90. The fourth-order valence-corrected chi connectivity index (χ4v) is 2.51. The molecule has 5 heteroatoms. The van der Waals surface area contributed by atoms with Gasteiger partial charge in [-0.2, -0.15) is 5.10 Å². The minimum atomic E-state index is 0.180. The van der Waals surface area contributed by atoms with E-state index in [1.807, 2.05) is 35.0 Å². The molecule has 0 atom stereocenters. The van der Waals surface area contributed by atoms with Crippen LogP contribution in [-0.2, 0) is 17.8 Å². The van der Waals surface area contributed by atoms with E-state index in [0.29, 0.717) is 12.2 Å². The lowest BCUT2D eigenvalue weighted by Gasteiger charge is -2.04. The van der Waals surface area contributed by atoms with Gasteiger partial charge in [-0.05, 0) is 18.6 Å². The number of aryl methyl sites for hydroxylation is 1. The van der Waals surface area contributed by atoms with Crippen molar-refractivity contribution in [1.82, 2.24) is 14.8 Å². The first kappa shape index (κ1) is 13.8. The van der Waals surface area contributed by atoms with Crippen molar-refractivity contribution < 1.29 is 4.79 Å². The predicted octanol–water partition coefficient (Wildman–Crippen LogP) is 2.59. The number of benzene rings is 1. The summed E-state index contributed by atoms with van der Waals surface area (Å²) < 4.78 is 1.81. The highest BCUT2D eigenvalue weighted by atomic mass is 32.2. The molecule has 100 valence electrons. The van der Waals surface area contributed by atoms with E-state index in [0.717, 1.165) is 23.7 Å². The lowest BCUT2D eigenvalue weighted by Crippen LogP contribution is -2.12. The van der Waals surface area contributed by atoms with Crippen molar-refractivity contribution >= 4 is 17.5 Å². The third-order valence-corrected chi connectivity index (χ3v) is 3.70. The molecule has 0 spiro atoms. The van der Waals surface area contributed by atoms with Crippen LogP contribution in [0.5, 0.6) is 0 Å². The van der Waals surface area contributed by atoms with Gasteiger partial charge in [0.25, 0.3) is 0 Å². The maximum Gasteiger partial charge on any atom is 0.150 e. The van der Waals surface area contributed by atoms with Gasteiger partial charge in [-0.25, -0.2) is 9.67 Å². The lowest BCUT2D eigenvalue weighted by atomic mass is 10.3. The number of carbonyl (C=O) groups excluding carboxylic acids is 1. The van der Waals surface area contributed by atoms with Crippen molar-refractivity contribution in [2.24, 2.45) is 0 Å². The van der Waals surface area contributed by atoms with Crippen molar-refractivity contribution in [2.45, 2.75) is 31.2 Å². The Morgan fingerprint density at radius 1 is 1.32 bits per heavy atom. The average molecular weight is 275 g/mol. The molecule has 1 aromatic heterocycles. The molecule has 0 amide bonds. The summed E-state index contributed by atoms with van der Waals surface area (Å²) in [5, 5.41) is 4.12. The molecular formula is C14H17N3OS. The zero-order valence-electron chi connectivity index (χ0n) is 11.0. The van der Waals surface area contributed by atoms with Crippen LogP contribution >= 0.6 is 11.8 Å². The van der Waals surface area contributed by atoms with Crippen LogP contribution in [0.4, 0.5) is 0 Å². The molecule has 2 aromatic rings. The number of nitrogens with zero attached hydrogens (tertiary/aromatic N) is 3. The van der Waals surface area contributed by atoms with Crippen molar-refractivity contribution in [3.05, 3.63) is 42.5 Å². The van der Waals surface area contributed by atoms with Gasteiger partial charge in [-0.1, -0.05) is 25.1 Å². The van der Waals surface area contributed by atoms with Crippen molar-refractivity contribution in [3.63, 3.8) is 0 Å². The van der Waals surface area contributed by atoms with Gasteiger partial charge in [-0.3, -0.25) is 4.79 Å². The first-order chi connectivity index (χ1) is 9.29. The molecule has 0 aliphatic carbocycles. The molecule has 1 aromatic carbocycles. The largest absolute Gasteiger partial charge is 0.298 e. The number of carbonyl (C=O) groups is 1. The summed E-state index contributed by atoms with van der Waals surface area (Å²) in [6, 6.07) is 9.95. The van der Waals surface area contributed by atoms with Gasteiger partial charge in [0, 0.05) is 11.4 Å². The molecule has 4 nitrogen and oxygen atoms in total. The van der Waals surface area contributed by atoms with Crippen molar-refractivity contribution in [2.75, 3.05) is 5.75 Å². The summed E-state index contributed by atoms with van der Waals surface area (Å²) in [5.74, 6) is 1.42. The molecule has 0 radical (unpaired) electrons. The molecule has 2 rings (SSSR count). The van der Waals surface area contributed by atoms with Crippen LogP contribution in [0.25, 0.3) is 0 Å². The van der Waals surface area contributed by atoms with Gasteiger partial charge < -0.3 is 0 Å². The van der Waals surface area contributed by atoms with E-state index in [1.165, 1.54) is 6.33 Å². The van der Waals surface area contributed by atoms with Gasteiger partial charge in [0.2, 0.25) is 0 Å². The molecule has 0 fully saturated rings. The van der Waals surface area contributed by atoms with E-state index in [1.54, 1.807) is 11.8 Å². The van der Waals surface area contributed by atoms with Gasteiger partial charge in [0.1, 0.15) is 12.2 Å². The maximum absolute atomic E-state index is 11.9. The van der Waals surface area contributed by atoms with Crippen LogP contribution < -0.4 is 0 Å². The monoisotopic (exact) mass is 275 g/mol. The highest BCUT2D eigenvalue weighted by molar-refractivity contribution is 8.00. The molecule has 0 saturated heterocycles. The van der Waals surface area contributed by atoms with Crippen LogP contribution in [0.1, 0.15) is 19.2 Å². The van der Waals surface area contributed by atoms with E-state index >= 15 is 0 Å². The van der Waals surface area contributed by atoms with E-state index in [-0.39, 0.29) is 5.78 Å². The zero-order valence-corrected chi connectivity index (χ0v) is 11.8. The smallest absolute Gasteiger partial charge is 0.150 e. The number of aromatic nitrogens is 3. The minimum Gasteiger partial charge on any atom is -0.298 e. The van der Waals surface area contributed by atoms with Crippen LogP contribution in [0, 0.1) is 0 Å². The predicted molar refractivity (Wildman–Crippen MR) is 76.2 cm³/mol. The standard InChI is InChI=1S/C14H17N3OS/c1-2-8-17-14(15-11-16-17)9-12(18)10-19-13-6-4-3-5-7-13/h3-7,11H,2,8-10H2,1H3. The van der Waals surface area contributed by atoms with E-state index < -0.39 is 0 Å². The number of hydrogen-bond donors (Lipinski definition) is 0. The Labute approximate surface area is 117 Å². The quantitative estimate of drug-likeness (QED) is 0.729. The summed E-state index contributed by atoms with van der Waals surface area (Å²) in [6.07, 6.45) is 2.87. The second-order valence-corrected chi connectivity index (χ2v) is 5.27. The summed E-state index contributed by atoms with van der Waals surface area (Å²) >= 11 is 1.56. The number of ketones is 1. The molecule has 0 saturated carbocycles. The van der Waals surface area contributed by atoms with E-state index in [4.69, 9.17) is 0 Å². The van der Waals surface area contributed by atoms with Crippen molar-refractivity contribution in [1.29, 1.82) is 0 Å². The molecule has 0 bridgehead atoms. The number of Topliss-reactive ketones (excluding diaryl/α,β-unsaturated/α-hetero) is 1. The molecule has 19 heavy (non-hydrogen) atoms. The number of rotatable bonds is 7. The third kappa shape index (κ3) is 4.21. The average Bonchev–Trinajstić information content (AvgIpc) is 2.85. The van der Waals surface area contributed by atoms with Gasteiger partial charge in [-0.15, -0.1) is 11.8 Å².